The Bertz CT molecular complexity index is 383. The van der Waals surface area contributed by atoms with Gasteiger partial charge in [-0.05, 0) is 36.7 Å². The molecular formula is C14H23N2NaO3. The summed E-state index contributed by atoms with van der Waals surface area (Å²) in [6.07, 6.45) is 3.40. The second-order valence-electron chi connectivity index (χ2n) is 5.72. The predicted molar refractivity (Wildman–Crippen MR) is 70.8 cm³/mol. The van der Waals surface area contributed by atoms with E-state index in [1.54, 1.807) is 6.08 Å². The first-order chi connectivity index (χ1) is 8.81. The van der Waals surface area contributed by atoms with Crippen LogP contribution in [0.15, 0.2) is 11.6 Å². The topological polar surface area (TPSA) is 95.2 Å². The molecule has 0 aromatic rings. The van der Waals surface area contributed by atoms with Gasteiger partial charge in [0.1, 0.15) is 0 Å². The van der Waals surface area contributed by atoms with Crippen molar-refractivity contribution in [2.75, 3.05) is 0 Å². The molecule has 5 nitrogen and oxygen atoms in total. The number of allylic oxidation sites excluding steroid dienone is 1. The first-order valence-electron chi connectivity index (χ1n) is 6.74. The van der Waals surface area contributed by atoms with Crippen molar-refractivity contribution in [1.82, 2.24) is 5.32 Å². The van der Waals surface area contributed by atoms with Gasteiger partial charge in [-0.1, -0.05) is 19.9 Å². The molecule has 0 bridgehead atoms. The van der Waals surface area contributed by atoms with E-state index in [9.17, 15) is 14.7 Å². The van der Waals surface area contributed by atoms with E-state index in [4.69, 9.17) is 5.73 Å². The molecule has 0 saturated carbocycles. The Balaban J connectivity index is 0.00000361. The number of rotatable bonds is 5. The molecule has 0 saturated heterocycles. The molecule has 0 radical (unpaired) electrons. The third kappa shape index (κ3) is 5.95. The number of carbonyl (C=O) groups is 2. The van der Waals surface area contributed by atoms with E-state index >= 15 is 0 Å². The molecule has 1 amide bonds. The molecule has 0 spiro atoms. The standard InChI is InChI=1S/C14H24N2O3.Na/c1-8(2)6-13(16-9(3)17)11-5-4-10(14(18)19)7-12(11)15;/h4,8,11-13H,5-7,15H2,1-3H3,(H,16,17)(H,18,19);/q;+1/p-1. The first-order valence-corrected chi connectivity index (χ1v) is 6.74. The van der Waals surface area contributed by atoms with Crippen LogP contribution in [0.25, 0.3) is 0 Å². The maximum absolute atomic E-state index is 11.3. The second kappa shape index (κ2) is 8.82. The maximum atomic E-state index is 11.3. The van der Waals surface area contributed by atoms with Crippen molar-refractivity contribution >= 4 is 11.9 Å². The molecular weight excluding hydrogens is 267 g/mol. The van der Waals surface area contributed by atoms with Crippen LogP contribution in [0.4, 0.5) is 0 Å². The average Bonchev–Trinajstić information content (AvgIpc) is 2.26. The first kappa shape index (κ1) is 19.6. The van der Waals surface area contributed by atoms with Crippen molar-refractivity contribution in [2.45, 2.75) is 52.1 Å². The fourth-order valence-corrected chi connectivity index (χ4v) is 2.68. The molecule has 108 valence electrons. The molecule has 3 N–H and O–H groups in total. The zero-order chi connectivity index (χ0) is 14.6. The number of hydrogen-bond acceptors (Lipinski definition) is 4. The number of carbonyl (C=O) groups excluding carboxylic acids is 2. The number of nitrogens with two attached hydrogens (primary N) is 1. The Labute approximate surface area is 142 Å². The van der Waals surface area contributed by atoms with Crippen molar-refractivity contribution in [2.24, 2.45) is 17.6 Å². The van der Waals surface area contributed by atoms with Crippen molar-refractivity contribution < 1.29 is 44.3 Å². The third-order valence-corrected chi connectivity index (χ3v) is 3.53. The Kier molecular flexibility index (Phi) is 8.66. The van der Waals surface area contributed by atoms with Gasteiger partial charge >= 0.3 is 29.6 Å². The summed E-state index contributed by atoms with van der Waals surface area (Å²) < 4.78 is 0. The summed E-state index contributed by atoms with van der Waals surface area (Å²) in [5, 5.41) is 13.8. The van der Waals surface area contributed by atoms with Gasteiger partial charge in [-0.3, -0.25) is 4.79 Å². The van der Waals surface area contributed by atoms with Crippen LogP contribution in [0.5, 0.6) is 0 Å². The molecule has 1 aliphatic carbocycles. The second-order valence-corrected chi connectivity index (χ2v) is 5.72. The summed E-state index contributed by atoms with van der Waals surface area (Å²) in [5.41, 5.74) is 6.35. The van der Waals surface area contributed by atoms with Crippen molar-refractivity contribution in [3.05, 3.63) is 11.6 Å². The van der Waals surface area contributed by atoms with Gasteiger partial charge in [-0.2, -0.15) is 0 Å². The number of amides is 1. The van der Waals surface area contributed by atoms with Crippen LogP contribution in [0, 0.1) is 11.8 Å². The predicted octanol–water partition coefficient (Wildman–Crippen LogP) is -3.05. The molecule has 0 aromatic heterocycles. The van der Waals surface area contributed by atoms with E-state index in [1.807, 2.05) is 0 Å². The molecule has 20 heavy (non-hydrogen) atoms. The Hall–Kier alpha value is -0.360. The van der Waals surface area contributed by atoms with Crippen LogP contribution in [-0.2, 0) is 9.59 Å². The number of aliphatic carboxylic acids is 1. The van der Waals surface area contributed by atoms with E-state index in [2.05, 4.69) is 19.2 Å². The maximum Gasteiger partial charge on any atom is 1.00 e. The van der Waals surface area contributed by atoms with Gasteiger partial charge in [0.25, 0.3) is 0 Å². The van der Waals surface area contributed by atoms with Crippen molar-refractivity contribution in [3.8, 4) is 0 Å². The van der Waals surface area contributed by atoms with E-state index in [1.165, 1.54) is 6.92 Å². The van der Waals surface area contributed by atoms with Gasteiger partial charge in [-0.25, -0.2) is 0 Å². The summed E-state index contributed by atoms with van der Waals surface area (Å²) in [4.78, 5) is 22.1. The molecule has 0 heterocycles. The summed E-state index contributed by atoms with van der Waals surface area (Å²) >= 11 is 0. The van der Waals surface area contributed by atoms with Crippen molar-refractivity contribution in [3.63, 3.8) is 0 Å². The molecule has 6 heteroatoms. The van der Waals surface area contributed by atoms with E-state index in [0.29, 0.717) is 18.8 Å². The van der Waals surface area contributed by atoms with Gasteiger partial charge in [0, 0.05) is 19.0 Å². The zero-order valence-corrected chi connectivity index (χ0v) is 14.8. The monoisotopic (exact) mass is 290 g/mol. The van der Waals surface area contributed by atoms with E-state index in [0.717, 1.165) is 6.42 Å². The van der Waals surface area contributed by atoms with E-state index in [-0.39, 0.29) is 59.0 Å². The number of nitrogens with one attached hydrogen (secondary N) is 1. The number of carboxylic acids is 1. The van der Waals surface area contributed by atoms with Crippen LogP contribution in [0.1, 0.15) is 40.0 Å². The molecule has 3 atom stereocenters. The Morgan fingerprint density at radius 1 is 1.50 bits per heavy atom. The molecule has 0 aromatic carbocycles. The zero-order valence-electron chi connectivity index (χ0n) is 12.8. The Morgan fingerprint density at radius 3 is 2.50 bits per heavy atom. The summed E-state index contributed by atoms with van der Waals surface area (Å²) in [6, 6.07) is -0.263. The molecule has 3 unspecified atom stereocenters. The van der Waals surface area contributed by atoms with Crippen LogP contribution in [0.3, 0.4) is 0 Å². The van der Waals surface area contributed by atoms with Gasteiger partial charge in [-0.15, -0.1) is 0 Å². The fraction of sp³-hybridized carbons (Fsp3) is 0.714. The van der Waals surface area contributed by atoms with Crippen LogP contribution in [0.2, 0.25) is 0 Å². The van der Waals surface area contributed by atoms with Gasteiger partial charge in [0.2, 0.25) is 5.91 Å². The minimum Gasteiger partial charge on any atom is -0.545 e. The minimum absolute atomic E-state index is 0. The van der Waals surface area contributed by atoms with Crippen molar-refractivity contribution in [1.29, 1.82) is 0 Å². The van der Waals surface area contributed by atoms with Gasteiger partial charge in [0.15, 0.2) is 0 Å². The molecule has 1 rings (SSSR count). The summed E-state index contributed by atoms with van der Waals surface area (Å²) in [5.74, 6) is -0.702. The SMILES string of the molecule is CC(=O)NC(CC(C)C)C1CC=C(C(=O)[O-])CC1N.[Na+]. The fourth-order valence-electron chi connectivity index (χ4n) is 2.68. The minimum atomic E-state index is -1.14. The van der Waals surface area contributed by atoms with E-state index < -0.39 is 5.97 Å². The number of hydrogen-bond donors (Lipinski definition) is 2. The van der Waals surface area contributed by atoms with Gasteiger partial charge < -0.3 is 21.0 Å². The van der Waals surface area contributed by atoms with Gasteiger partial charge in [0.05, 0.1) is 5.97 Å². The third-order valence-electron chi connectivity index (χ3n) is 3.53. The van der Waals surface area contributed by atoms with Crippen LogP contribution in [-0.4, -0.2) is 24.0 Å². The van der Waals surface area contributed by atoms with Crippen LogP contribution < -0.4 is 45.7 Å². The largest absolute Gasteiger partial charge is 1.00 e. The number of carboxylic acid groups (broad SMARTS) is 1. The summed E-state index contributed by atoms with van der Waals surface area (Å²) in [6.45, 7) is 5.67. The summed E-state index contributed by atoms with van der Waals surface area (Å²) in [7, 11) is 0. The normalized spacial score (nSPS) is 23.6. The molecule has 1 aliphatic rings. The smallest absolute Gasteiger partial charge is 0.545 e. The molecule has 0 fully saturated rings. The quantitative estimate of drug-likeness (QED) is 0.526. The Morgan fingerprint density at radius 2 is 2.10 bits per heavy atom. The average molecular weight is 290 g/mol. The molecule has 0 aliphatic heterocycles. The van der Waals surface area contributed by atoms with Crippen LogP contribution >= 0.6 is 0 Å².